The highest BCUT2D eigenvalue weighted by atomic mass is 35.5. The number of amides is 2. The molecule has 1 aliphatic heterocycles. The summed E-state index contributed by atoms with van der Waals surface area (Å²) in [5.41, 5.74) is 1.10. The van der Waals surface area contributed by atoms with Crippen LogP contribution in [0.25, 0.3) is 10.8 Å². The van der Waals surface area contributed by atoms with Crippen molar-refractivity contribution in [2.45, 2.75) is 19.4 Å². The zero-order chi connectivity index (χ0) is 21.3. The fraction of sp³-hybridized carbons (Fsp3) is 0.217. The number of rotatable bonds is 6. The first kappa shape index (κ1) is 20.5. The van der Waals surface area contributed by atoms with Gasteiger partial charge in [0.2, 0.25) is 5.91 Å². The van der Waals surface area contributed by atoms with E-state index in [9.17, 15) is 9.59 Å². The van der Waals surface area contributed by atoms with E-state index >= 15 is 0 Å². The first-order valence-electron chi connectivity index (χ1n) is 9.63. The van der Waals surface area contributed by atoms with E-state index in [1.165, 1.54) is 6.92 Å². The number of hydrogen-bond acceptors (Lipinski definition) is 3. The van der Waals surface area contributed by atoms with Crippen molar-refractivity contribution in [2.75, 3.05) is 18.1 Å². The molecule has 0 spiro atoms. The molecule has 0 bridgehead atoms. The maximum atomic E-state index is 13.0. The van der Waals surface area contributed by atoms with Crippen molar-refractivity contribution >= 4 is 51.5 Å². The largest absolute Gasteiger partial charge is 0.494 e. The van der Waals surface area contributed by atoms with Gasteiger partial charge in [-0.15, -0.1) is 0 Å². The lowest BCUT2D eigenvalue weighted by Gasteiger charge is -2.19. The summed E-state index contributed by atoms with van der Waals surface area (Å²) in [6.07, 6.45) is 0.591. The fourth-order valence-electron chi connectivity index (χ4n) is 3.72. The van der Waals surface area contributed by atoms with Gasteiger partial charge in [0.1, 0.15) is 11.8 Å². The van der Waals surface area contributed by atoms with Crippen LogP contribution in [0.15, 0.2) is 54.6 Å². The summed E-state index contributed by atoms with van der Waals surface area (Å²) in [7, 11) is 0. The van der Waals surface area contributed by atoms with Crippen LogP contribution < -0.4 is 15.0 Å². The smallest absolute Gasteiger partial charge is 0.254 e. The third kappa shape index (κ3) is 3.95. The minimum Gasteiger partial charge on any atom is -0.494 e. The Balaban J connectivity index is 1.46. The van der Waals surface area contributed by atoms with Crippen LogP contribution in [0.3, 0.4) is 0 Å². The van der Waals surface area contributed by atoms with Gasteiger partial charge in [-0.3, -0.25) is 9.59 Å². The SMILES string of the molecule is CC(=O)NC1C(=O)N(CCCOc2ccc3ccccc3c2)c2c(Cl)ccc(Cl)c21. The Hall–Kier alpha value is -2.76. The summed E-state index contributed by atoms with van der Waals surface area (Å²) in [6.45, 7) is 2.20. The van der Waals surface area contributed by atoms with E-state index in [0.29, 0.717) is 40.9 Å². The molecule has 3 aromatic rings. The lowest BCUT2D eigenvalue weighted by Crippen LogP contribution is -2.37. The monoisotopic (exact) mass is 442 g/mol. The van der Waals surface area contributed by atoms with Crippen molar-refractivity contribution in [1.29, 1.82) is 0 Å². The summed E-state index contributed by atoms with van der Waals surface area (Å²) in [4.78, 5) is 26.1. The summed E-state index contributed by atoms with van der Waals surface area (Å²) in [6, 6.07) is 16.5. The van der Waals surface area contributed by atoms with Gasteiger partial charge in [0, 0.05) is 24.1 Å². The fourth-order valence-corrected chi connectivity index (χ4v) is 4.25. The third-order valence-corrected chi connectivity index (χ3v) is 5.68. The number of anilines is 1. The minimum atomic E-state index is -0.829. The van der Waals surface area contributed by atoms with Crippen LogP contribution in [0.2, 0.25) is 10.0 Å². The summed E-state index contributed by atoms with van der Waals surface area (Å²) >= 11 is 12.7. The number of nitrogens with one attached hydrogen (secondary N) is 1. The molecule has 0 aromatic heterocycles. The molecule has 2 amide bonds. The van der Waals surface area contributed by atoms with Gasteiger partial charge in [0.25, 0.3) is 5.91 Å². The lowest BCUT2D eigenvalue weighted by atomic mass is 10.1. The number of nitrogens with zero attached hydrogens (tertiary/aromatic N) is 1. The first-order valence-corrected chi connectivity index (χ1v) is 10.4. The van der Waals surface area contributed by atoms with Crippen LogP contribution in [-0.2, 0) is 9.59 Å². The molecule has 30 heavy (non-hydrogen) atoms. The molecule has 1 unspecified atom stereocenters. The van der Waals surface area contributed by atoms with Crippen LogP contribution in [0, 0.1) is 0 Å². The Bertz CT molecular complexity index is 1130. The van der Waals surface area contributed by atoms with Gasteiger partial charge in [-0.25, -0.2) is 0 Å². The Morgan fingerprint density at radius 2 is 1.80 bits per heavy atom. The third-order valence-electron chi connectivity index (χ3n) is 5.05. The molecular formula is C23H20Cl2N2O3. The van der Waals surface area contributed by atoms with Crippen LogP contribution in [0.4, 0.5) is 5.69 Å². The van der Waals surface area contributed by atoms with E-state index in [1.807, 2.05) is 36.4 Å². The Morgan fingerprint density at radius 3 is 2.57 bits per heavy atom. The highest BCUT2D eigenvalue weighted by Crippen LogP contribution is 2.44. The Kier molecular flexibility index (Phi) is 5.84. The van der Waals surface area contributed by atoms with Crippen LogP contribution in [-0.4, -0.2) is 25.0 Å². The molecular weight excluding hydrogens is 423 g/mol. The minimum absolute atomic E-state index is 0.249. The lowest BCUT2D eigenvalue weighted by molar-refractivity contribution is -0.126. The highest BCUT2D eigenvalue weighted by Gasteiger charge is 2.40. The zero-order valence-electron chi connectivity index (χ0n) is 16.3. The van der Waals surface area contributed by atoms with Crippen molar-refractivity contribution in [3.05, 3.63) is 70.2 Å². The second-order valence-corrected chi connectivity index (χ2v) is 7.94. The molecule has 0 saturated heterocycles. The van der Waals surface area contributed by atoms with Gasteiger partial charge in [-0.05, 0) is 41.5 Å². The maximum absolute atomic E-state index is 13.0. The molecule has 1 atom stereocenters. The quantitative estimate of drug-likeness (QED) is 0.537. The normalized spacial score (nSPS) is 15.4. The molecule has 3 aromatic carbocycles. The van der Waals surface area contributed by atoms with Gasteiger partial charge in [0.15, 0.2) is 0 Å². The molecule has 0 aliphatic carbocycles. The van der Waals surface area contributed by atoms with Crippen LogP contribution in [0.5, 0.6) is 5.75 Å². The van der Waals surface area contributed by atoms with Gasteiger partial charge in [0.05, 0.1) is 17.3 Å². The van der Waals surface area contributed by atoms with Gasteiger partial charge in [-0.2, -0.15) is 0 Å². The average molecular weight is 443 g/mol. The molecule has 1 N–H and O–H groups in total. The molecule has 4 rings (SSSR count). The topological polar surface area (TPSA) is 58.6 Å². The standard InChI is InChI=1S/C23H20Cl2N2O3/c1-14(28)26-21-20-18(24)9-10-19(25)22(20)27(23(21)29)11-4-12-30-17-8-7-15-5-2-3-6-16(15)13-17/h2-3,5-10,13,21H,4,11-12H2,1H3,(H,26,28). The number of carbonyl (C=O) groups excluding carboxylic acids is 2. The van der Waals surface area contributed by atoms with Crippen molar-refractivity contribution in [3.63, 3.8) is 0 Å². The number of hydrogen-bond donors (Lipinski definition) is 1. The maximum Gasteiger partial charge on any atom is 0.254 e. The molecule has 1 heterocycles. The predicted molar refractivity (Wildman–Crippen MR) is 119 cm³/mol. The van der Waals surface area contributed by atoms with Crippen molar-refractivity contribution in [1.82, 2.24) is 5.32 Å². The number of ether oxygens (including phenoxy) is 1. The second kappa shape index (κ2) is 8.54. The van der Waals surface area contributed by atoms with Gasteiger partial charge < -0.3 is 15.0 Å². The number of halogens is 2. The molecule has 1 aliphatic rings. The molecule has 154 valence electrons. The Labute approximate surface area is 184 Å². The van der Waals surface area contributed by atoms with E-state index in [0.717, 1.165) is 16.5 Å². The second-order valence-electron chi connectivity index (χ2n) is 7.13. The van der Waals surface area contributed by atoms with Crippen molar-refractivity contribution in [3.8, 4) is 5.75 Å². The van der Waals surface area contributed by atoms with E-state index in [2.05, 4.69) is 11.4 Å². The van der Waals surface area contributed by atoms with E-state index < -0.39 is 6.04 Å². The molecule has 0 saturated carbocycles. The van der Waals surface area contributed by atoms with Gasteiger partial charge >= 0.3 is 0 Å². The number of fused-ring (bicyclic) bond motifs is 2. The molecule has 0 fully saturated rings. The van der Waals surface area contributed by atoms with E-state index in [1.54, 1.807) is 17.0 Å². The number of benzene rings is 3. The predicted octanol–water partition coefficient (Wildman–Crippen LogP) is 5.14. The summed E-state index contributed by atoms with van der Waals surface area (Å²) in [5.74, 6) is 0.219. The van der Waals surface area contributed by atoms with Crippen molar-refractivity contribution < 1.29 is 14.3 Å². The molecule has 5 nitrogen and oxygen atoms in total. The molecule has 0 radical (unpaired) electrons. The van der Waals surface area contributed by atoms with E-state index in [-0.39, 0.29) is 11.8 Å². The number of carbonyl (C=O) groups is 2. The van der Waals surface area contributed by atoms with Gasteiger partial charge in [-0.1, -0.05) is 53.5 Å². The van der Waals surface area contributed by atoms with Crippen LogP contribution >= 0.6 is 23.2 Å². The average Bonchev–Trinajstić information content (AvgIpc) is 3.00. The highest BCUT2D eigenvalue weighted by molar-refractivity contribution is 6.38. The van der Waals surface area contributed by atoms with Crippen LogP contribution in [0.1, 0.15) is 24.9 Å². The van der Waals surface area contributed by atoms with Crippen molar-refractivity contribution in [2.24, 2.45) is 0 Å². The molecule has 7 heteroatoms. The zero-order valence-corrected chi connectivity index (χ0v) is 17.8. The summed E-state index contributed by atoms with van der Waals surface area (Å²) < 4.78 is 5.88. The summed E-state index contributed by atoms with van der Waals surface area (Å²) in [5, 5.41) is 5.76. The van der Waals surface area contributed by atoms with E-state index in [4.69, 9.17) is 27.9 Å². The first-order chi connectivity index (χ1) is 14.5. The Morgan fingerprint density at radius 1 is 1.07 bits per heavy atom.